The van der Waals surface area contributed by atoms with Crippen LogP contribution in [0.3, 0.4) is 0 Å². The number of sulfonamides is 1. The molecule has 142 valence electrons. The molecule has 0 heterocycles. The average molecular weight is 380 g/mol. The largest absolute Gasteiger partial charge is 0.467 e. The normalized spacial score (nSPS) is 12.0. The molecule has 8 heteroatoms. The van der Waals surface area contributed by atoms with Crippen LogP contribution < -0.4 is 5.32 Å². The quantitative estimate of drug-likeness (QED) is 0.433. The summed E-state index contributed by atoms with van der Waals surface area (Å²) < 4.78 is 28.4. The Labute approximate surface area is 154 Å². The van der Waals surface area contributed by atoms with E-state index < -0.39 is 22.0 Å². The average Bonchev–Trinajstić information content (AvgIpc) is 2.59. The number of nitrogens with zero attached hydrogens (tertiary/aromatic N) is 1. The Hall–Kier alpha value is -2.37. The van der Waals surface area contributed by atoms with E-state index in [1.807, 2.05) is 0 Å². The first kappa shape index (κ1) is 21.7. The van der Waals surface area contributed by atoms with Gasteiger partial charge in [0.05, 0.1) is 13.4 Å². The minimum Gasteiger partial charge on any atom is -0.467 e. The van der Waals surface area contributed by atoms with Crippen LogP contribution in [0, 0.1) is 11.8 Å². The molecule has 0 unspecified atom stereocenters. The van der Waals surface area contributed by atoms with E-state index in [-0.39, 0.29) is 5.91 Å². The number of ether oxygens (including phenoxy) is 1. The lowest BCUT2D eigenvalue weighted by atomic mass is 10.1. The Morgan fingerprint density at radius 3 is 2.65 bits per heavy atom. The molecular weight excluding hydrogens is 356 g/mol. The monoisotopic (exact) mass is 380 g/mol. The van der Waals surface area contributed by atoms with Gasteiger partial charge in [-0.3, -0.25) is 4.79 Å². The highest BCUT2D eigenvalue weighted by Gasteiger charge is 2.16. The van der Waals surface area contributed by atoms with Gasteiger partial charge in [0, 0.05) is 31.1 Å². The molecule has 7 nitrogen and oxygen atoms in total. The molecule has 0 saturated heterocycles. The zero-order valence-corrected chi connectivity index (χ0v) is 16.2. The third kappa shape index (κ3) is 7.25. The molecule has 0 aliphatic rings. The lowest BCUT2D eigenvalue weighted by Crippen LogP contribution is -2.39. The number of benzene rings is 1. The van der Waals surface area contributed by atoms with Crippen LogP contribution >= 0.6 is 0 Å². The molecule has 0 radical (unpaired) electrons. The van der Waals surface area contributed by atoms with Crippen molar-refractivity contribution in [2.75, 3.05) is 27.0 Å². The number of methoxy groups -OCH3 is 1. The Morgan fingerprint density at radius 1 is 1.35 bits per heavy atom. The molecule has 1 N–H and O–H groups in total. The van der Waals surface area contributed by atoms with E-state index in [1.165, 1.54) is 18.5 Å². The van der Waals surface area contributed by atoms with Gasteiger partial charge in [0.2, 0.25) is 10.0 Å². The summed E-state index contributed by atoms with van der Waals surface area (Å²) in [6.07, 6.45) is 2.32. The lowest BCUT2D eigenvalue weighted by molar-refractivity contribution is -0.142. The van der Waals surface area contributed by atoms with Crippen LogP contribution in [0.25, 0.3) is 0 Å². The van der Waals surface area contributed by atoms with Gasteiger partial charge >= 0.3 is 5.97 Å². The first-order valence-corrected chi connectivity index (χ1v) is 9.89. The van der Waals surface area contributed by atoms with Crippen molar-refractivity contribution < 1.29 is 22.7 Å². The number of hydrogen-bond acceptors (Lipinski definition) is 5. The fourth-order valence-electron chi connectivity index (χ4n) is 1.97. The summed E-state index contributed by atoms with van der Waals surface area (Å²) in [5, 5.41) is 2.55. The first-order chi connectivity index (χ1) is 12.1. The van der Waals surface area contributed by atoms with E-state index >= 15 is 0 Å². The summed E-state index contributed by atoms with van der Waals surface area (Å²) >= 11 is 0. The zero-order chi connectivity index (χ0) is 19.7. The van der Waals surface area contributed by atoms with Crippen LogP contribution in [0.2, 0.25) is 0 Å². The molecule has 0 bridgehead atoms. The molecule has 0 aromatic heterocycles. The van der Waals surface area contributed by atoms with Crippen LogP contribution in [0.5, 0.6) is 0 Å². The number of carbonyl (C=O) groups excluding carboxylic acids is 2. The minimum atomic E-state index is -3.17. The van der Waals surface area contributed by atoms with Crippen molar-refractivity contribution in [1.29, 1.82) is 0 Å². The second-order valence-corrected chi connectivity index (χ2v) is 7.88. The summed E-state index contributed by atoms with van der Waals surface area (Å²) in [6, 6.07) is 6.00. The second-order valence-electron chi connectivity index (χ2n) is 5.79. The molecule has 0 aliphatic carbocycles. The zero-order valence-electron chi connectivity index (χ0n) is 15.4. The van der Waals surface area contributed by atoms with E-state index in [0.29, 0.717) is 30.5 Å². The molecule has 1 amide bonds. The molecule has 26 heavy (non-hydrogen) atoms. The topological polar surface area (TPSA) is 92.8 Å². The maximum Gasteiger partial charge on any atom is 0.328 e. The smallest absolute Gasteiger partial charge is 0.328 e. The van der Waals surface area contributed by atoms with Crippen LogP contribution in [0.1, 0.15) is 35.7 Å². The number of nitrogens with one attached hydrogen (secondary N) is 1. The van der Waals surface area contributed by atoms with Crippen molar-refractivity contribution in [1.82, 2.24) is 9.62 Å². The lowest BCUT2D eigenvalue weighted by Gasteiger charge is -2.12. The van der Waals surface area contributed by atoms with Gasteiger partial charge < -0.3 is 10.1 Å². The van der Waals surface area contributed by atoms with Crippen LogP contribution in [-0.4, -0.2) is 57.6 Å². The van der Waals surface area contributed by atoms with E-state index in [1.54, 1.807) is 31.2 Å². The summed E-state index contributed by atoms with van der Waals surface area (Å²) in [5.41, 5.74) is 1.06. The van der Waals surface area contributed by atoms with Crippen molar-refractivity contribution in [2.45, 2.75) is 25.8 Å². The fraction of sp³-hybridized carbons (Fsp3) is 0.444. The van der Waals surface area contributed by atoms with Gasteiger partial charge in [-0.1, -0.05) is 17.9 Å². The van der Waals surface area contributed by atoms with E-state index in [0.717, 1.165) is 6.26 Å². The van der Waals surface area contributed by atoms with Gasteiger partial charge in [0.25, 0.3) is 5.91 Å². The van der Waals surface area contributed by atoms with Crippen LogP contribution in [0.15, 0.2) is 24.3 Å². The Morgan fingerprint density at radius 2 is 2.04 bits per heavy atom. The highest BCUT2D eigenvalue weighted by atomic mass is 32.2. The minimum absolute atomic E-state index is 0.388. The number of carbonyl (C=O) groups is 2. The summed E-state index contributed by atoms with van der Waals surface area (Å²) in [5.74, 6) is 5.01. The van der Waals surface area contributed by atoms with Crippen molar-refractivity contribution >= 4 is 21.9 Å². The maximum atomic E-state index is 12.1. The molecule has 1 aromatic rings. The summed E-state index contributed by atoms with van der Waals surface area (Å²) in [6.45, 7) is 1.95. The van der Waals surface area contributed by atoms with E-state index in [4.69, 9.17) is 0 Å². The van der Waals surface area contributed by atoms with Gasteiger partial charge in [-0.15, -0.1) is 0 Å². The Balaban J connectivity index is 2.62. The van der Waals surface area contributed by atoms with Crippen LogP contribution in [0.4, 0.5) is 0 Å². The fourth-order valence-corrected chi connectivity index (χ4v) is 2.44. The van der Waals surface area contributed by atoms with Gasteiger partial charge in [-0.05, 0) is 31.5 Å². The number of rotatable bonds is 7. The summed E-state index contributed by atoms with van der Waals surface area (Å²) in [7, 11) is -0.381. The second kappa shape index (κ2) is 9.94. The molecule has 0 spiro atoms. The standard InChI is InChI=1S/C18H24N2O5S/c1-14(18(22)25-3)19-17(21)16-11-8-10-15(13-16)9-6-5-7-12-20(2)26(4,23)24/h8,10-11,13-14H,5,7,12H2,1-4H3,(H,19,21)/t14-/m1/s1. The highest BCUT2D eigenvalue weighted by Crippen LogP contribution is 2.05. The molecule has 1 rings (SSSR count). The number of amides is 1. The van der Waals surface area contributed by atoms with Crippen molar-refractivity contribution in [3.8, 4) is 11.8 Å². The van der Waals surface area contributed by atoms with Gasteiger partial charge in [-0.25, -0.2) is 17.5 Å². The molecule has 1 aromatic carbocycles. The molecular formula is C18H24N2O5S. The Bertz CT molecular complexity index is 808. The summed E-state index contributed by atoms with van der Waals surface area (Å²) in [4.78, 5) is 23.5. The third-order valence-electron chi connectivity index (χ3n) is 3.60. The van der Waals surface area contributed by atoms with E-state index in [9.17, 15) is 18.0 Å². The molecule has 0 aliphatic heterocycles. The SMILES string of the molecule is COC(=O)[C@@H](C)NC(=O)c1cccc(C#CCCCN(C)S(C)(=O)=O)c1. The van der Waals surface area contributed by atoms with Gasteiger partial charge in [0.15, 0.2) is 0 Å². The van der Waals surface area contributed by atoms with Crippen molar-refractivity contribution in [2.24, 2.45) is 0 Å². The van der Waals surface area contributed by atoms with Gasteiger partial charge in [-0.2, -0.15) is 0 Å². The Kier molecular flexibility index (Phi) is 8.29. The predicted molar refractivity (Wildman–Crippen MR) is 99.0 cm³/mol. The third-order valence-corrected chi connectivity index (χ3v) is 4.92. The van der Waals surface area contributed by atoms with Gasteiger partial charge in [0.1, 0.15) is 6.04 Å². The number of unbranched alkanes of at least 4 members (excludes halogenated alkanes) is 1. The van der Waals surface area contributed by atoms with E-state index in [2.05, 4.69) is 21.9 Å². The van der Waals surface area contributed by atoms with Crippen LogP contribution in [-0.2, 0) is 19.6 Å². The maximum absolute atomic E-state index is 12.1. The first-order valence-electron chi connectivity index (χ1n) is 8.04. The predicted octanol–water partition coefficient (Wildman–Crippen LogP) is 1.00. The van der Waals surface area contributed by atoms with Crippen molar-refractivity contribution in [3.63, 3.8) is 0 Å². The molecule has 0 saturated carbocycles. The molecule has 0 fully saturated rings. The van der Waals surface area contributed by atoms with Crippen molar-refractivity contribution in [3.05, 3.63) is 35.4 Å². The number of esters is 1. The molecule has 1 atom stereocenters. The number of hydrogen-bond donors (Lipinski definition) is 1. The highest BCUT2D eigenvalue weighted by molar-refractivity contribution is 7.88.